The van der Waals surface area contributed by atoms with Crippen LogP contribution in [0.4, 0.5) is 4.39 Å². The molecular weight excluding hydrogens is 347 g/mol. The number of hydrogen-bond acceptors (Lipinski definition) is 6. The van der Waals surface area contributed by atoms with Crippen LogP contribution in [0.25, 0.3) is 11.5 Å². The molecule has 0 unspecified atom stereocenters. The van der Waals surface area contributed by atoms with E-state index in [0.717, 1.165) is 17.0 Å². The minimum atomic E-state index is -0.427. The summed E-state index contributed by atoms with van der Waals surface area (Å²) in [6.07, 6.45) is 1.49. The number of hydrogen-bond donors (Lipinski definition) is 0. The number of benzene rings is 1. The van der Waals surface area contributed by atoms with Gasteiger partial charge in [-0.2, -0.15) is 0 Å². The number of ether oxygens (including phenoxy) is 1. The zero-order valence-corrected chi connectivity index (χ0v) is 14.2. The number of aryl methyl sites for hydroxylation is 1. The molecule has 0 aliphatic heterocycles. The lowest BCUT2D eigenvalue weighted by Crippen LogP contribution is -2.17. The zero-order chi connectivity index (χ0) is 17.8. The summed E-state index contributed by atoms with van der Waals surface area (Å²) in [7, 11) is 0. The molecule has 0 radical (unpaired) electrons. The molecule has 3 rings (SSSR count). The topological polar surface area (TPSA) is 74.3 Å². The van der Waals surface area contributed by atoms with Gasteiger partial charge in [-0.05, 0) is 31.2 Å². The fraction of sp³-hybridized carbons (Fsp3) is 0.235. The van der Waals surface area contributed by atoms with Gasteiger partial charge in [-0.25, -0.2) is 9.37 Å². The molecule has 0 saturated heterocycles. The van der Waals surface area contributed by atoms with Crippen LogP contribution in [0, 0.1) is 12.7 Å². The maximum Gasteiger partial charge on any atom is 0.307 e. The van der Waals surface area contributed by atoms with Gasteiger partial charge in [0.05, 0.1) is 6.42 Å². The molecule has 0 aliphatic rings. The van der Waals surface area contributed by atoms with E-state index in [2.05, 4.69) is 4.98 Å². The molecule has 2 aromatic heterocycles. The molecule has 0 saturated carbocycles. The molecule has 0 atom stereocenters. The number of halogens is 1. The molecule has 0 amide bonds. The van der Waals surface area contributed by atoms with E-state index in [9.17, 15) is 14.0 Å². The number of rotatable bonds is 6. The van der Waals surface area contributed by atoms with Crippen LogP contribution in [0.1, 0.15) is 17.8 Å². The summed E-state index contributed by atoms with van der Waals surface area (Å²) in [6.45, 7) is 2.07. The molecule has 6 nitrogen and oxygen atoms in total. The minimum Gasteiger partial charge on any atom is -0.459 e. The second-order valence-corrected chi connectivity index (χ2v) is 6.18. The van der Waals surface area contributed by atoms with Crippen LogP contribution in [0.5, 0.6) is 0 Å². The highest BCUT2D eigenvalue weighted by Crippen LogP contribution is 2.19. The lowest BCUT2D eigenvalue weighted by Gasteiger charge is -2.04. The largest absolute Gasteiger partial charge is 0.459 e. The van der Waals surface area contributed by atoms with Gasteiger partial charge < -0.3 is 13.7 Å². The van der Waals surface area contributed by atoms with Crippen molar-refractivity contribution in [2.75, 3.05) is 0 Å². The van der Waals surface area contributed by atoms with Gasteiger partial charge in [0.2, 0.25) is 5.89 Å². The Labute approximate surface area is 146 Å². The summed E-state index contributed by atoms with van der Waals surface area (Å²) in [5, 5.41) is 1.75. The quantitative estimate of drug-likeness (QED) is 0.630. The monoisotopic (exact) mass is 362 g/mol. The van der Waals surface area contributed by atoms with Crippen LogP contribution >= 0.6 is 11.3 Å². The van der Waals surface area contributed by atoms with E-state index in [1.807, 2.05) is 6.92 Å². The highest BCUT2D eigenvalue weighted by atomic mass is 32.1. The normalized spacial score (nSPS) is 10.8. The molecule has 8 heteroatoms. The molecule has 3 aromatic rings. The molecule has 130 valence electrons. The first kappa shape index (κ1) is 17.1. The summed E-state index contributed by atoms with van der Waals surface area (Å²) < 4.78 is 24.9. The zero-order valence-electron chi connectivity index (χ0n) is 13.4. The van der Waals surface area contributed by atoms with Gasteiger partial charge in [-0.15, -0.1) is 0 Å². The first-order chi connectivity index (χ1) is 12.0. The Morgan fingerprint density at radius 3 is 2.80 bits per heavy atom. The van der Waals surface area contributed by atoms with Crippen molar-refractivity contribution in [3.05, 3.63) is 62.8 Å². The van der Waals surface area contributed by atoms with Crippen LogP contribution in [0.3, 0.4) is 0 Å². The van der Waals surface area contributed by atoms with Gasteiger partial charge in [0.25, 0.3) is 0 Å². The maximum absolute atomic E-state index is 12.9. The first-order valence-corrected chi connectivity index (χ1v) is 8.42. The molecule has 0 N–H and O–H groups in total. The highest BCUT2D eigenvalue weighted by Gasteiger charge is 2.11. The number of esters is 1. The predicted octanol–water partition coefficient (Wildman–Crippen LogP) is 3.15. The van der Waals surface area contributed by atoms with E-state index in [-0.39, 0.29) is 30.3 Å². The van der Waals surface area contributed by atoms with Crippen molar-refractivity contribution >= 4 is 17.3 Å². The van der Waals surface area contributed by atoms with Crippen LogP contribution in [-0.2, 0) is 22.7 Å². The summed E-state index contributed by atoms with van der Waals surface area (Å²) in [4.78, 5) is 27.5. The molecule has 1 aromatic carbocycles. The third kappa shape index (κ3) is 4.21. The van der Waals surface area contributed by atoms with Gasteiger partial charge in [0, 0.05) is 23.2 Å². The molecule has 0 bridgehead atoms. The van der Waals surface area contributed by atoms with E-state index in [1.165, 1.54) is 23.0 Å². The fourth-order valence-corrected chi connectivity index (χ4v) is 2.96. The van der Waals surface area contributed by atoms with Crippen LogP contribution < -0.4 is 4.87 Å². The molecule has 0 fully saturated rings. The van der Waals surface area contributed by atoms with Crippen LogP contribution in [0.15, 0.2) is 45.1 Å². The lowest BCUT2D eigenvalue weighted by molar-refractivity contribution is -0.145. The molecule has 2 heterocycles. The number of oxazole rings is 1. The van der Waals surface area contributed by atoms with Crippen molar-refractivity contribution in [2.24, 2.45) is 0 Å². The lowest BCUT2D eigenvalue weighted by atomic mass is 10.2. The maximum atomic E-state index is 12.9. The predicted molar refractivity (Wildman–Crippen MR) is 89.6 cm³/mol. The Hall–Kier alpha value is -2.74. The first-order valence-electron chi connectivity index (χ1n) is 7.54. The van der Waals surface area contributed by atoms with E-state index in [4.69, 9.17) is 9.15 Å². The highest BCUT2D eigenvalue weighted by molar-refractivity contribution is 7.07. The Balaban J connectivity index is 1.52. The number of nitrogens with zero attached hydrogens (tertiary/aromatic N) is 2. The second-order valence-electron chi connectivity index (χ2n) is 5.36. The summed E-state index contributed by atoms with van der Waals surface area (Å²) in [5.41, 5.74) is 1.91. The number of carbonyl (C=O) groups excluding carboxylic acids is 1. The van der Waals surface area contributed by atoms with Crippen LogP contribution in [0.2, 0.25) is 0 Å². The van der Waals surface area contributed by atoms with Gasteiger partial charge in [-0.1, -0.05) is 11.3 Å². The smallest absolute Gasteiger partial charge is 0.307 e. The van der Waals surface area contributed by atoms with Gasteiger partial charge in [0.1, 0.15) is 24.4 Å². The summed E-state index contributed by atoms with van der Waals surface area (Å²) in [5.74, 6) is -0.445. The minimum absolute atomic E-state index is 0.0267. The summed E-state index contributed by atoms with van der Waals surface area (Å²) >= 11 is 1.10. The van der Waals surface area contributed by atoms with Crippen molar-refractivity contribution in [1.29, 1.82) is 0 Å². The summed E-state index contributed by atoms with van der Waals surface area (Å²) in [6, 6.07) is 5.73. The van der Waals surface area contributed by atoms with Gasteiger partial charge in [-0.3, -0.25) is 9.59 Å². The third-order valence-corrected chi connectivity index (χ3v) is 4.42. The van der Waals surface area contributed by atoms with Crippen molar-refractivity contribution in [3.8, 4) is 11.5 Å². The molecule has 0 spiro atoms. The standard InChI is InChI=1S/C17H15FN2O4S/c1-11-10-25-17(22)20(11)7-6-15(21)23-8-14-9-24-16(19-14)12-2-4-13(18)5-3-12/h2-5,9-10H,6-8H2,1H3. The fourth-order valence-electron chi connectivity index (χ4n) is 2.20. The third-order valence-electron chi connectivity index (χ3n) is 3.54. The average Bonchev–Trinajstić information content (AvgIpc) is 3.19. The van der Waals surface area contributed by atoms with Gasteiger partial charge >= 0.3 is 10.8 Å². The van der Waals surface area contributed by atoms with Gasteiger partial charge in [0.15, 0.2) is 0 Å². The van der Waals surface area contributed by atoms with E-state index in [0.29, 0.717) is 17.1 Å². The van der Waals surface area contributed by atoms with E-state index < -0.39 is 5.97 Å². The number of aromatic nitrogens is 2. The number of thiazole rings is 1. The van der Waals surface area contributed by atoms with Crippen molar-refractivity contribution in [2.45, 2.75) is 26.5 Å². The average molecular weight is 362 g/mol. The van der Waals surface area contributed by atoms with E-state index >= 15 is 0 Å². The van der Waals surface area contributed by atoms with Crippen molar-refractivity contribution in [3.63, 3.8) is 0 Å². The number of carbonyl (C=O) groups is 1. The molecular formula is C17H15FN2O4S. The Morgan fingerprint density at radius 1 is 1.36 bits per heavy atom. The van der Waals surface area contributed by atoms with Crippen LogP contribution in [-0.4, -0.2) is 15.5 Å². The second kappa shape index (κ2) is 7.43. The Morgan fingerprint density at radius 2 is 2.12 bits per heavy atom. The SMILES string of the molecule is Cc1csc(=O)n1CCC(=O)OCc1coc(-c2ccc(F)cc2)n1. The van der Waals surface area contributed by atoms with Crippen molar-refractivity contribution < 1.29 is 18.3 Å². The van der Waals surface area contributed by atoms with E-state index in [1.54, 1.807) is 17.5 Å². The molecule has 0 aliphatic carbocycles. The van der Waals surface area contributed by atoms with Crippen molar-refractivity contribution in [1.82, 2.24) is 9.55 Å². The Kier molecular flexibility index (Phi) is 5.08. The molecule has 25 heavy (non-hydrogen) atoms. The Bertz CT molecular complexity index is 927.